The monoisotopic (exact) mass is 1030 g/mol. The fraction of sp³-hybridized carbons (Fsp3) is 0.830. The smallest absolute Gasteiger partial charge is 0.311 e. The highest BCUT2D eigenvalue weighted by Gasteiger charge is 2.52. The van der Waals surface area contributed by atoms with Crippen LogP contribution in [0, 0.1) is 27.9 Å². The Morgan fingerprint density at radius 3 is 2.32 bits per heavy atom. The molecule has 0 aliphatic carbocycles. The first-order valence-electron chi connectivity index (χ1n) is 26.7. The largest absolute Gasteiger partial charge is 0.459 e. The Labute approximate surface area is 433 Å². The van der Waals surface area contributed by atoms with Gasteiger partial charge in [-0.05, 0) is 113 Å². The summed E-state index contributed by atoms with van der Waals surface area (Å²) in [4.78, 5) is 31.9. The van der Waals surface area contributed by atoms with Crippen molar-refractivity contribution in [1.82, 2.24) is 29.7 Å². The lowest BCUT2D eigenvalue weighted by Crippen LogP contribution is -2.59. The Morgan fingerprint density at radius 2 is 1.66 bits per heavy atom. The number of nitro benzene ring substituents is 1. The van der Waals surface area contributed by atoms with Gasteiger partial charge in [-0.2, -0.15) is 0 Å². The van der Waals surface area contributed by atoms with Gasteiger partial charge in [0, 0.05) is 88.9 Å². The van der Waals surface area contributed by atoms with Gasteiger partial charge in [0.05, 0.1) is 58.2 Å². The number of aliphatic hydroxyl groups excluding tert-OH is 2. The van der Waals surface area contributed by atoms with Crippen LogP contribution in [0.25, 0.3) is 0 Å². The van der Waals surface area contributed by atoms with Crippen molar-refractivity contribution in [3.63, 3.8) is 0 Å². The molecular formula is C53H89N7O13. The molecule has 4 aliphatic rings. The number of carbonyl (C=O) groups excluding carboxylic acids is 1. The van der Waals surface area contributed by atoms with E-state index in [0.717, 1.165) is 43.6 Å². The van der Waals surface area contributed by atoms with E-state index in [1.54, 1.807) is 46.8 Å². The van der Waals surface area contributed by atoms with Gasteiger partial charge in [0.1, 0.15) is 23.9 Å². The first-order valence-corrected chi connectivity index (χ1v) is 26.7. The minimum atomic E-state index is -1.81. The zero-order chi connectivity index (χ0) is 53.7. The van der Waals surface area contributed by atoms with Crippen LogP contribution in [-0.4, -0.2) is 193 Å². The molecule has 6 rings (SSSR count). The number of benzene rings is 1. The number of non-ortho nitro benzene ring substituents is 1. The second kappa shape index (κ2) is 24.8. The summed E-state index contributed by atoms with van der Waals surface area (Å²) < 4.78 is 40.7. The molecule has 1 aromatic carbocycles. The van der Waals surface area contributed by atoms with Crippen molar-refractivity contribution < 1.29 is 58.6 Å². The van der Waals surface area contributed by atoms with Crippen molar-refractivity contribution in [1.29, 1.82) is 0 Å². The summed E-state index contributed by atoms with van der Waals surface area (Å²) in [7, 11) is 5.49. The van der Waals surface area contributed by atoms with Gasteiger partial charge in [0.25, 0.3) is 5.69 Å². The van der Waals surface area contributed by atoms with Crippen molar-refractivity contribution in [3.05, 3.63) is 51.8 Å². The molecule has 414 valence electrons. The van der Waals surface area contributed by atoms with Crippen LogP contribution in [0.1, 0.15) is 131 Å². The molecule has 0 radical (unpaired) electrons. The molecule has 4 fully saturated rings. The number of likely N-dealkylation sites (N-methyl/N-ethyl adjacent to an activating group) is 2. The number of aromatic nitrogens is 3. The van der Waals surface area contributed by atoms with Gasteiger partial charge in [-0.25, -0.2) is 4.68 Å². The molecule has 1 aromatic heterocycles. The number of hydrogen-bond acceptors (Lipinski definition) is 18. The van der Waals surface area contributed by atoms with Crippen LogP contribution >= 0.6 is 0 Å². The number of carbonyl (C=O) groups is 1. The Hall–Kier alpha value is -3.25. The molecule has 0 saturated carbocycles. The summed E-state index contributed by atoms with van der Waals surface area (Å²) >= 11 is 0. The highest BCUT2D eigenvalue weighted by Crippen LogP contribution is 2.40. The maximum absolute atomic E-state index is 14.5. The van der Waals surface area contributed by atoms with E-state index >= 15 is 0 Å². The number of hydrogen-bond donors (Lipinski definition) is 4. The molecule has 4 aliphatic heterocycles. The number of nitrogens with zero attached hydrogens (tertiary/aromatic N) is 7. The number of esters is 1. The van der Waals surface area contributed by atoms with Crippen molar-refractivity contribution in [2.75, 3.05) is 47.4 Å². The highest BCUT2D eigenvalue weighted by molar-refractivity contribution is 5.73. The molecule has 20 nitrogen and oxygen atoms in total. The molecule has 0 amide bonds. The van der Waals surface area contributed by atoms with E-state index in [-0.39, 0.29) is 54.0 Å². The third-order valence-electron chi connectivity index (χ3n) is 16.7. The van der Waals surface area contributed by atoms with Gasteiger partial charge in [-0.15, -0.1) is 5.10 Å². The summed E-state index contributed by atoms with van der Waals surface area (Å²) in [6.45, 7) is 21.6. The summed E-state index contributed by atoms with van der Waals surface area (Å²) in [5, 5.41) is 67.8. The van der Waals surface area contributed by atoms with Gasteiger partial charge in [-0.3, -0.25) is 19.8 Å². The van der Waals surface area contributed by atoms with Gasteiger partial charge in [0.2, 0.25) is 0 Å². The lowest BCUT2D eigenvalue weighted by Gasteiger charge is -2.48. The number of likely N-dealkylation sites (tertiary alicyclic amines) is 1. The second-order valence-corrected chi connectivity index (χ2v) is 23.0. The van der Waals surface area contributed by atoms with E-state index < -0.39 is 89.9 Å². The average Bonchev–Trinajstić information content (AvgIpc) is 3.82. The summed E-state index contributed by atoms with van der Waals surface area (Å²) in [6, 6.07) is 6.42. The fourth-order valence-electron chi connectivity index (χ4n) is 12.1. The molecule has 73 heavy (non-hydrogen) atoms. The van der Waals surface area contributed by atoms with Crippen molar-refractivity contribution in [3.8, 4) is 0 Å². The second-order valence-electron chi connectivity index (χ2n) is 23.0. The lowest BCUT2D eigenvalue weighted by atomic mass is 9.77. The van der Waals surface area contributed by atoms with Crippen LogP contribution in [0.15, 0.2) is 30.5 Å². The molecular weight excluding hydrogens is 943 g/mol. The molecule has 0 spiro atoms. The van der Waals surface area contributed by atoms with E-state index in [4.69, 9.17) is 28.4 Å². The van der Waals surface area contributed by atoms with Crippen molar-refractivity contribution >= 4 is 11.7 Å². The van der Waals surface area contributed by atoms with Crippen molar-refractivity contribution in [2.45, 2.75) is 217 Å². The van der Waals surface area contributed by atoms with Gasteiger partial charge in [-0.1, -0.05) is 38.1 Å². The molecule has 20 heteroatoms. The average molecular weight is 1030 g/mol. The third-order valence-corrected chi connectivity index (χ3v) is 16.7. The predicted molar refractivity (Wildman–Crippen MR) is 272 cm³/mol. The van der Waals surface area contributed by atoms with E-state index in [9.17, 15) is 35.3 Å². The first kappa shape index (κ1) is 59.0. The molecule has 2 aromatic rings. The maximum Gasteiger partial charge on any atom is 0.311 e. The number of aliphatic hydroxyl groups is 4. The maximum atomic E-state index is 14.5. The van der Waals surface area contributed by atoms with E-state index in [1.807, 2.05) is 62.7 Å². The Morgan fingerprint density at radius 1 is 0.959 bits per heavy atom. The topological polar surface area (TPSA) is 237 Å². The molecule has 18 atom stereocenters. The fourth-order valence-corrected chi connectivity index (χ4v) is 12.1. The Bertz CT molecular complexity index is 2080. The highest BCUT2D eigenvalue weighted by atomic mass is 16.7. The minimum absolute atomic E-state index is 0.0492. The molecule has 4 N–H and O–H groups in total. The standard InChI is InChI=1S/C53H89N7O13/c1-14-43-53(10,65)47(61)36(6)57(12)28-32(2)26-51(8,64)49(34(4)46(35(5)50(63)71-43)72-45-27-52(9,68-13)48(62)37(7)70-45)73-44-25-42(24-33(3)69-44)56(11)23-21-39-30-59(55-54-39)41-16-15-22-58(31-41)29-38-17-19-40(20-18-38)60(66)67/h17-20,30,32-37,41-49,61-62,64-65H,14-16,21-29,31H2,1-13H3/t32-,33-,34+,35-,36-,37+,41+,42+,43-,44+,45+,46+,47-,48+,49-,51-,52-,53-/m1/s1. The van der Waals surface area contributed by atoms with Gasteiger partial charge in [0.15, 0.2) is 12.6 Å². The Balaban J connectivity index is 1.21. The van der Waals surface area contributed by atoms with E-state index in [1.165, 1.54) is 14.0 Å². The zero-order valence-corrected chi connectivity index (χ0v) is 45.8. The van der Waals surface area contributed by atoms with E-state index in [0.29, 0.717) is 32.5 Å². The SMILES string of the molecule is CC[C@H]1OC(=O)[C@H](C)[C@@H](O[C@H]2C[C@@](C)(OC)[C@@H](O)[C@H](C)O2)[C@H](C)[C@@H](O[C@H]2C[C@@H](N(C)CCc3cn([C@H]4CCCN(Cc5ccc([N+](=O)[O-])cc5)C4)nn3)C[C@@H](C)O2)[C@](C)(O)C[C@@H](C)CN(C)[C@H](C)[C@@H](O)[C@]1(C)O. The number of nitro groups is 1. The number of ether oxygens (including phenoxy) is 6. The summed E-state index contributed by atoms with van der Waals surface area (Å²) in [5.74, 6) is -2.49. The predicted octanol–water partition coefficient (Wildman–Crippen LogP) is 4.88. The normalized spacial score (nSPS) is 40.2. The quantitative estimate of drug-likeness (QED) is 0.112. The summed E-state index contributed by atoms with van der Waals surface area (Å²) in [5.41, 5.74) is -2.35. The number of rotatable bonds is 14. The van der Waals surface area contributed by atoms with Gasteiger partial charge < -0.3 is 58.6 Å². The Kier molecular flexibility index (Phi) is 20.1. The van der Waals surface area contributed by atoms with Crippen LogP contribution in [0.2, 0.25) is 0 Å². The number of piperidine rings is 1. The number of methoxy groups -OCH3 is 1. The van der Waals surface area contributed by atoms with Crippen molar-refractivity contribution in [2.24, 2.45) is 17.8 Å². The van der Waals surface area contributed by atoms with Crippen LogP contribution in [0.3, 0.4) is 0 Å². The first-order chi connectivity index (χ1) is 34.3. The van der Waals surface area contributed by atoms with Crippen LogP contribution in [0.4, 0.5) is 5.69 Å². The molecule has 0 unspecified atom stereocenters. The van der Waals surface area contributed by atoms with Gasteiger partial charge >= 0.3 is 5.97 Å². The molecule has 0 bridgehead atoms. The lowest BCUT2D eigenvalue weighted by molar-refractivity contribution is -0.384. The molecule has 5 heterocycles. The number of cyclic esters (lactones) is 1. The molecule has 4 saturated heterocycles. The third kappa shape index (κ3) is 14.4. The van der Waals surface area contributed by atoms with E-state index in [2.05, 4.69) is 27.2 Å². The summed E-state index contributed by atoms with van der Waals surface area (Å²) in [6.07, 6.45) is -1.22. The van der Waals surface area contributed by atoms with Crippen LogP contribution < -0.4 is 0 Å². The zero-order valence-electron chi connectivity index (χ0n) is 45.8. The minimum Gasteiger partial charge on any atom is -0.459 e. The van der Waals surface area contributed by atoms with Crippen LogP contribution in [-0.2, 0) is 46.2 Å². The van der Waals surface area contributed by atoms with Crippen LogP contribution in [0.5, 0.6) is 0 Å².